The van der Waals surface area contributed by atoms with Crippen molar-refractivity contribution in [1.29, 1.82) is 0 Å². The second-order valence-corrected chi connectivity index (χ2v) is 9.56. The Labute approximate surface area is 169 Å². The summed E-state index contributed by atoms with van der Waals surface area (Å²) in [6.45, 7) is -1.27. The van der Waals surface area contributed by atoms with E-state index in [2.05, 4.69) is 0 Å². The maximum absolute atomic E-state index is 13.4. The molecule has 28 heavy (non-hydrogen) atoms. The smallest absolute Gasteiger partial charge is 0.371 e. The number of hydrogen-bond acceptors (Lipinski definition) is 5. The Kier molecular flexibility index (Phi) is 6.04. The monoisotopic (exact) mass is 432 g/mol. The summed E-state index contributed by atoms with van der Waals surface area (Å²) in [5.41, 5.74) is 1.22. The van der Waals surface area contributed by atoms with E-state index in [0.717, 1.165) is 61.6 Å². The third kappa shape index (κ3) is 4.26. The first-order valence-electron chi connectivity index (χ1n) is 9.78. The molecule has 0 aromatic carbocycles. The highest BCUT2D eigenvalue weighted by Crippen LogP contribution is 2.37. The molecule has 2 aromatic rings. The second kappa shape index (κ2) is 8.36. The number of rotatable bonds is 6. The molecule has 0 unspecified atom stereocenters. The van der Waals surface area contributed by atoms with Crippen LogP contribution in [0.15, 0.2) is 9.95 Å². The van der Waals surface area contributed by atoms with Gasteiger partial charge < -0.3 is 4.74 Å². The van der Waals surface area contributed by atoms with E-state index >= 15 is 0 Å². The Morgan fingerprint density at radius 2 is 1.93 bits per heavy atom. The standard InChI is InChI=1S/C19H23F3N2O2S2/c20-19(21,22)11-26-9-10-27-18-23-16-15(13-7-3-4-8-14(13)28-16)17(25)24(18)12-5-1-2-6-12/h12H,1-11H2. The molecule has 9 heteroatoms. The lowest BCUT2D eigenvalue weighted by atomic mass is 9.97. The first kappa shape index (κ1) is 20.2. The third-order valence-corrected chi connectivity index (χ3v) is 7.51. The van der Waals surface area contributed by atoms with Gasteiger partial charge in [-0.05, 0) is 44.1 Å². The Bertz CT molecular complexity index is 901. The van der Waals surface area contributed by atoms with Gasteiger partial charge in [0.25, 0.3) is 5.56 Å². The number of hydrogen-bond donors (Lipinski definition) is 0. The van der Waals surface area contributed by atoms with Crippen LogP contribution in [0.2, 0.25) is 0 Å². The molecule has 0 bridgehead atoms. The highest BCUT2D eigenvalue weighted by Gasteiger charge is 2.28. The molecule has 4 rings (SSSR count). The molecule has 2 heterocycles. The zero-order chi connectivity index (χ0) is 19.7. The molecule has 4 nitrogen and oxygen atoms in total. The van der Waals surface area contributed by atoms with Gasteiger partial charge in [0, 0.05) is 16.7 Å². The van der Waals surface area contributed by atoms with Gasteiger partial charge in [-0.2, -0.15) is 13.2 Å². The van der Waals surface area contributed by atoms with Gasteiger partial charge in [-0.15, -0.1) is 11.3 Å². The van der Waals surface area contributed by atoms with E-state index in [1.54, 1.807) is 11.3 Å². The molecule has 0 amide bonds. The molecule has 0 atom stereocenters. The molecular weight excluding hydrogens is 409 g/mol. The summed E-state index contributed by atoms with van der Waals surface area (Å²) in [6, 6.07) is 0.141. The number of thioether (sulfide) groups is 1. The van der Waals surface area contributed by atoms with Crippen molar-refractivity contribution in [2.24, 2.45) is 0 Å². The fourth-order valence-electron chi connectivity index (χ4n) is 4.16. The van der Waals surface area contributed by atoms with Crippen molar-refractivity contribution in [3.63, 3.8) is 0 Å². The van der Waals surface area contributed by atoms with Gasteiger partial charge in [-0.3, -0.25) is 9.36 Å². The van der Waals surface area contributed by atoms with Crippen LogP contribution in [0, 0.1) is 0 Å². The minimum atomic E-state index is -4.32. The average Bonchev–Trinajstić information content (AvgIpc) is 3.27. The number of aromatic nitrogens is 2. The molecule has 154 valence electrons. The van der Waals surface area contributed by atoms with E-state index in [4.69, 9.17) is 9.72 Å². The molecule has 2 aromatic heterocycles. The highest BCUT2D eigenvalue weighted by atomic mass is 32.2. The van der Waals surface area contributed by atoms with E-state index in [1.807, 2.05) is 4.57 Å². The SMILES string of the molecule is O=c1c2c3c(sc2nc(SCCOCC(F)(F)F)n1C1CCCC1)CCCC3. The summed E-state index contributed by atoms with van der Waals surface area (Å²) in [4.78, 5) is 20.3. The van der Waals surface area contributed by atoms with Crippen LogP contribution in [-0.2, 0) is 17.6 Å². The zero-order valence-electron chi connectivity index (χ0n) is 15.5. The lowest BCUT2D eigenvalue weighted by Gasteiger charge is -2.18. The molecule has 1 fully saturated rings. The molecule has 0 N–H and O–H groups in total. The molecule has 0 saturated heterocycles. The Hall–Kier alpha value is -1.06. The van der Waals surface area contributed by atoms with Gasteiger partial charge in [0.2, 0.25) is 0 Å². The molecule has 1 saturated carbocycles. The Morgan fingerprint density at radius 1 is 1.18 bits per heavy atom. The number of ether oxygens (including phenoxy) is 1. The van der Waals surface area contributed by atoms with Crippen LogP contribution in [0.25, 0.3) is 10.2 Å². The van der Waals surface area contributed by atoms with Crippen LogP contribution in [0.4, 0.5) is 13.2 Å². The Morgan fingerprint density at radius 3 is 2.68 bits per heavy atom. The molecule has 0 spiro atoms. The van der Waals surface area contributed by atoms with Gasteiger partial charge in [0.1, 0.15) is 11.4 Å². The summed E-state index contributed by atoms with van der Waals surface area (Å²) >= 11 is 2.93. The van der Waals surface area contributed by atoms with Crippen molar-refractivity contribution in [1.82, 2.24) is 9.55 Å². The van der Waals surface area contributed by atoms with Gasteiger partial charge in [-0.1, -0.05) is 24.6 Å². The van der Waals surface area contributed by atoms with Gasteiger partial charge in [0.15, 0.2) is 5.16 Å². The molecule has 0 aliphatic heterocycles. The first-order chi connectivity index (χ1) is 13.4. The van der Waals surface area contributed by atoms with Crippen molar-refractivity contribution in [3.05, 3.63) is 20.8 Å². The van der Waals surface area contributed by atoms with Crippen molar-refractivity contribution in [2.45, 2.75) is 68.7 Å². The number of fused-ring (bicyclic) bond motifs is 3. The molecule has 0 radical (unpaired) electrons. The molecule has 2 aliphatic carbocycles. The van der Waals surface area contributed by atoms with Gasteiger partial charge >= 0.3 is 6.18 Å². The summed E-state index contributed by atoms with van der Waals surface area (Å²) in [5, 5.41) is 1.41. The number of alkyl halides is 3. The van der Waals surface area contributed by atoms with Crippen LogP contribution >= 0.6 is 23.1 Å². The number of aryl methyl sites for hydroxylation is 2. The second-order valence-electron chi connectivity index (χ2n) is 7.42. The maximum atomic E-state index is 13.4. The maximum Gasteiger partial charge on any atom is 0.411 e. The number of nitrogens with zero attached hydrogens (tertiary/aromatic N) is 2. The van der Waals surface area contributed by atoms with E-state index < -0.39 is 12.8 Å². The van der Waals surface area contributed by atoms with E-state index in [9.17, 15) is 18.0 Å². The highest BCUT2D eigenvalue weighted by molar-refractivity contribution is 7.99. The van der Waals surface area contributed by atoms with Crippen molar-refractivity contribution in [3.8, 4) is 0 Å². The number of halogens is 3. The fraction of sp³-hybridized carbons (Fsp3) is 0.684. The molecule has 2 aliphatic rings. The molecular formula is C19H23F3N2O2S2. The fourth-order valence-corrected chi connectivity index (χ4v) is 6.39. The summed E-state index contributed by atoms with van der Waals surface area (Å²) in [7, 11) is 0. The van der Waals surface area contributed by atoms with Crippen LogP contribution in [-0.4, -0.2) is 34.7 Å². The quantitative estimate of drug-likeness (QED) is 0.361. The average molecular weight is 433 g/mol. The van der Waals surface area contributed by atoms with Gasteiger partial charge in [-0.25, -0.2) is 4.98 Å². The Balaban J connectivity index is 1.62. The minimum Gasteiger partial charge on any atom is -0.371 e. The summed E-state index contributed by atoms with van der Waals surface area (Å²) in [5.74, 6) is 0.339. The van der Waals surface area contributed by atoms with E-state index in [-0.39, 0.29) is 18.2 Å². The van der Waals surface area contributed by atoms with Crippen LogP contribution in [0.1, 0.15) is 55.0 Å². The summed E-state index contributed by atoms with van der Waals surface area (Å²) < 4.78 is 43.2. The third-order valence-electron chi connectivity index (χ3n) is 5.40. The first-order valence-corrected chi connectivity index (χ1v) is 11.6. The lowest BCUT2D eigenvalue weighted by Crippen LogP contribution is -2.27. The van der Waals surface area contributed by atoms with E-state index in [1.165, 1.54) is 22.2 Å². The largest absolute Gasteiger partial charge is 0.411 e. The van der Waals surface area contributed by atoms with E-state index in [0.29, 0.717) is 10.9 Å². The van der Waals surface area contributed by atoms with Crippen LogP contribution in [0.3, 0.4) is 0 Å². The minimum absolute atomic E-state index is 0.0241. The number of thiophene rings is 1. The summed E-state index contributed by atoms with van der Waals surface area (Å²) in [6.07, 6.45) is 3.98. The van der Waals surface area contributed by atoms with Crippen molar-refractivity contribution >= 4 is 33.3 Å². The predicted molar refractivity (Wildman–Crippen MR) is 106 cm³/mol. The van der Waals surface area contributed by atoms with Crippen LogP contribution < -0.4 is 5.56 Å². The predicted octanol–water partition coefficient (Wildman–Crippen LogP) is 5.12. The van der Waals surface area contributed by atoms with Crippen molar-refractivity contribution in [2.75, 3.05) is 19.0 Å². The van der Waals surface area contributed by atoms with Crippen molar-refractivity contribution < 1.29 is 17.9 Å². The normalized spacial score (nSPS) is 18.1. The van der Waals surface area contributed by atoms with Gasteiger partial charge in [0.05, 0.1) is 12.0 Å². The topological polar surface area (TPSA) is 44.1 Å². The zero-order valence-corrected chi connectivity index (χ0v) is 17.1. The lowest BCUT2D eigenvalue weighted by molar-refractivity contribution is -0.172. The van der Waals surface area contributed by atoms with Crippen LogP contribution in [0.5, 0.6) is 0 Å².